The molecule has 2 rings (SSSR count). The Bertz CT molecular complexity index is 222. The van der Waals surface area contributed by atoms with Crippen molar-refractivity contribution in [1.82, 2.24) is 4.90 Å². The molecule has 94 valence electrons. The van der Waals surface area contributed by atoms with Gasteiger partial charge in [0.15, 0.2) is 0 Å². The van der Waals surface area contributed by atoms with Gasteiger partial charge >= 0.3 is 0 Å². The van der Waals surface area contributed by atoms with Crippen LogP contribution in [0.1, 0.15) is 46.0 Å². The molecule has 2 N–H and O–H groups in total. The molecule has 2 atom stereocenters. The molecule has 1 aliphatic carbocycles. The number of ether oxygens (including phenoxy) is 1. The van der Waals surface area contributed by atoms with E-state index in [0.717, 1.165) is 26.1 Å². The minimum Gasteiger partial charge on any atom is -0.375 e. The molecule has 2 aliphatic rings. The van der Waals surface area contributed by atoms with Gasteiger partial charge < -0.3 is 10.5 Å². The zero-order chi connectivity index (χ0) is 11.6. The Balaban J connectivity index is 1.87. The highest BCUT2D eigenvalue weighted by molar-refractivity contribution is 4.88. The quantitative estimate of drug-likeness (QED) is 0.797. The fourth-order valence-corrected chi connectivity index (χ4v) is 2.89. The summed E-state index contributed by atoms with van der Waals surface area (Å²) in [5, 5.41) is 0. The Morgan fingerprint density at radius 3 is 2.81 bits per heavy atom. The minimum atomic E-state index is -0.0392. The predicted molar refractivity (Wildman–Crippen MR) is 66.5 cm³/mol. The molecule has 0 radical (unpaired) electrons. The van der Waals surface area contributed by atoms with E-state index >= 15 is 0 Å². The van der Waals surface area contributed by atoms with Crippen LogP contribution >= 0.6 is 0 Å². The van der Waals surface area contributed by atoms with Crippen molar-refractivity contribution in [1.29, 1.82) is 0 Å². The van der Waals surface area contributed by atoms with Gasteiger partial charge in [-0.1, -0.05) is 12.8 Å². The Kier molecular flexibility index (Phi) is 3.88. The molecule has 0 aromatic carbocycles. The van der Waals surface area contributed by atoms with Crippen molar-refractivity contribution < 1.29 is 4.74 Å². The van der Waals surface area contributed by atoms with Crippen LogP contribution in [-0.2, 0) is 4.74 Å². The normalized spacial score (nSPS) is 32.4. The smallest absolute Gasteiger partial charge is 0.0730 e. The molecule has 3 heteroatoms. The topological polar surface area (TPSA) is 38.5 Å². The molecule has 16 heavy (non-hydrogen) atoms. The average molecular weight is 226 g/mol. The second-order valence-electron chi connectivity index (χ2n) is 6.04. The van der Waals surface area contributed by atoms with Crippen molar-refractivity contribution in [2.45, 2.75) is 63.6 Å². The van der Waals surface area contributed by atoms with Crippen LogP contribution in [0.5, 0.6) is 0 Å². The van der Waals surface area contributed by atoms with Crippen molar-refractivity contribution in [3.63, 3.8) is 0 Å². The largest absolute Gasteiger partial charge is 0.375 e. The highest BCUT2D eigenvalue weighted by Gasteiger charge is 2.34. The molecule has 1 saturated carbocycles. The number of rotatable bonds is 3. The first kappa shape index (κ1) is 12.3. The zero-order valence-electron chi connectivity index (χ0n) is 10.7. The van der Waals surface area contributed by atoms with Crippen molar-refractivity contribution in [2.75, 3.05) is 19.7 Å². The molecule has 1 heterocycles. The summed E-state index contributed by atoms with van der Waals surface area (Å²) < 4.78 is 5.87. The third-order valence-corrected chi connectivity index (χ3v) is 3.89. The lowest BCUT2D eigenvalue weighted by atomic mass is 9.89. The van der Waals surface area contributed by atoms with Gasteiger partial charge in [0, 0.05) is 24.7 Å². The van der Waals surface area contributed by atoms with Crippen LogP contribution < -0.4 is 5.73 Å². The molecule has 3 nitrogen and oxygen atoms in total. The summed E-state index contributed by atoms with van der Waals surface area (Å²) >= 11 is 0. The number of morpholine rings is 1. The van der Waals surface area contributed by atoms with Gasteiger partial charge in [0.25, 0.3) is 0 Å². The van der Waals surface area contributed by atoms with Crippen molar-refractivity contribution in [2.24, 2.45) is 5.73 Å². The highest BCUT2D eigenvalue weighted by atomic mass is 16.5. The Labute approximate surface area is 99.3 Å². The zero-order valence-corrected chi connectivity index (χ0v) is 10.7. The lowest BCUT2D eigenvalue weighted by molar-refractivity contribution is -0.0891. The molecule has 0 spiro atoms. The minimum absolute atomic E-state index is 0.0392. The van der Waals surface area contributed by atoms with E-state index in [9.17, 15) is 0 Å². The average Bonchev–Trinajstić information content (AvgIpc) is 2.25. The van der Waals surface area contributed by atoms with Gasteiger partial charge in [-0.2, -0.15) is 0 Å². The molecule has 0 aromatic heterocycles. The molecule has 1 saturated heterocycles. The molecule has 1 aliphatic heterocycles. The Morgan fingerprint density at radius 1 is 1.31 bits per heavy atom. The van der Waals surface area contributed by atoms with E-state index in [2.05, 4.69) is 18.7 Å². The molecule has 0 aromatic rings. The fraction of sp³-hybridized carbons (Fsp3) is 1.00. The summed E-state index contributed by atoms with van der Waals surface area (Å²) in [7, 11) is 0. The number of nitrogens with two attached hydrogens (primary N) is 1. The van der Waals surface area contributed by atoms with E-state index in [0.29, 0.717) is 12.1 Å². The Morgan fingerprint density at radius 2 is 2.06 bits per heavy atom. The van der Waals surface area contributed by atoms with Crippen LogP contribution in [0.15, 0.2) is 0 Å². The number of fused-ring (bicyclic) bond motifs is 1. The first-order valence-electron chi connectivity index (χ1n) is 6.71. The van der Waals surface area contributed by atoms with Gasteiger partial charge in [-0.05, 0) is 33.1 Å². The van der Waals surface area contributed by atoms with Crippen LogP contribution in [0.25, 0.3) is 0 Å². The lowest BCUT2D eigenvalue weighted by Gasteiger charge is -2.44. The summed E-state index contributed by atoms with van der Waals surface area (Å²) in [6.45, 7) is 7.37. The molecule has 0 amide bonds. The summed E-state index contributed by atoms with van der Waals surface area (Å²) in [6.07, 6.45) is 6.87. The maximum absolute atomic E-state index is 6.06. The van der Waals surface area contributed by atoms with Gasteiger partial charge in [0.05, 0.1) is 12.7 Å². The standard InChI is InChI=1S/C13H26N2O/c1-13(2,14)7-8-15-9-10-16-12-6-4-3-5-11(12)15/h11-12H,3-10,14H2,1-2H3. The highest BCUT2D eigenvalue weighted by Crippen LogP contribution is 2.28. The van der Waals surface area contributed by atoms with Crippen LogP contribution in [0.4, 0.5) is 0 Å². The van der Waals surface area contributed by atoms with Crippen LogP contribution in [0.3, 0.4) is 0 Å². The molecule has 2 fully saturated rings. The molecule has 0 bridgehead atoms. The number of hydrogen-bond donors (Lipinski definition) is 1. The number of nitrogens with zero attached hydrogens (tertiary/aromatic N) is 1. The van der Waals surface area contributed by atoms with Crippen molar-refractivity contribution in [3.05, 3.63) is 0 Å². The second-order valence-corrected chi connectivity index (χ2v) is 6.04. The monoisotopic (exact) mass is 226 g/mol. The molecule has 2 unspecified atom stereocenters. The van der Waals surface area contributed by atoms with Gasteiger partial charge in [0.2, 0.25) is 0 Å². The van der Waals surface area contributed by atoms with E-state index in [1.807, 2.05) is 0 Å². The summed E-state index contributed by atoms with van der Waals surface area (Å²) in [5.74, 6) is 0. The van der Waals surface area contributed by atoms with Crippen molar-refractivity contribution >= 4 is 0 Å². The van der Waals surface area contributed by atoms with E-state index in [-0.39, 0.29) is 5.54 Å². The third-order valence-electron chi connectivity index (χ3n) is 3.89. The maximum atomic E-state index is 6.06. The first-order chi connectivity index (χ1) is 7.56. The van der Waals surface area contributed by atoms with Crippen LogP contribution in [-0.4, -0.2) is 42.3 Å². The Hall–Kier alpha value is -0.120. The summed E-state index contributed by atoms with van der Waals surface area (Å²) in [5.41, 5.74) is 6.02. The van der Waals surface area contributed by atoms with Gasteiger partial charge in [-0.3, -0.25) is 4.90 Å². The van der Waals surface area contributed by atoms with E-state index < -0.39 is 0 Å². The lowest BCUT2D eigenvalue weighted by Crippen LogP contribution is -2.53. The fourth-order valence-electron chi connectivity index (χ4n) is 2.89. The van der Waals surface area contributed by atoms with Gasteiger partial charge in [0.1, 0.15) is 0 Å². The third kappa shape index (κ3) is 3.19. The first-order valence-corrected chi connectivity index (χ1v) is 6.71. The SMILES string of the molecule is CC(C)(N)CCN1CCOC2CCCCC21. The van der Waals surface area contributed by atoms with Gasteiger partial charge in [-0.25, -0.2) is 0 Å². The summed E-state index contributed by atoms with van der Waals surface area (Å²) in [6, 6.07) is 0.671. The van der Waals surface area contributed by atoms with Gasteiger partial charge in [-0.15, -0.1) is 0 Å². The predicted octanol–water partition coefficient (Wildman–Crippen LogP) is 1.76. The van der Waals surface area contributed by atoms with Crippen LogP contribution in [0, 0.1) is 0 Å². The second kappa shape index (κ2) is 5.03. The maximum Gasteiger partial charge on any atom is 0.0730 e. The summed E-state index contributed by atoms with van der Waals surface area (Å²) in [4.78, 5) is 2.61. The number of hydrogen-bond acceptors (Lipinski definition) is 3. The van der Waals surface area contributed by atoms with E-state index in [1.165, 1.54) is 25.7 Å². The van der Waals surface area contributed by atoms with Crippen molar-refractivity contribution in [3.8, 4) is 0 Å². The molecular weight excluding hydrogens is 200 g/mol. The van der Waals surface area contributed by atoms with E-state index in [4.69, 9.17) is 10.5 Å². The molecular formula is C13H26N2O. The van der Waals surface area contributed by atoms with E-state index in [1.54, 1.807) is 0 Å². The van der Waals surface area contributed by atoms with Crippen LogP contribution in [0.2, 0.25) is 0 Å².